The average molecular weight is 203 g/mol. The molecule has 0 amide bonds. The number of nitrogens with one attached hydrogen (secondary N) is 1. The van der Waals surface area contributed by atoms with Crippen molar-refractivity contribution in [2.24, 2.45) is 5.41 Å². The standard InChI is InChI=1S/C14H21N/c1-2-14(9-10-14)12-15-11-8-13-6-4-3-5-7-13/h3-7,15H,2,8-12H2,1H3. The molecule has 0 spiro atoms. The summed E-state index contributed by atoms with van der Waals surface area (Å²) in [6.45, 7) is 4.65. The van der Waals surface area contributed by atoms with Gasteiger partial charge in [-0.1, -0.05) is 37.3 Å². The van der Waals surface area contributed by atoms with E-state index >= 15 is 0 Å². The lowest BCUT2D eigenvalue weighted by Crippen LogP contribution is -2.25. The van der Waals surface area contributed by atoms with E-state index in [1.807, 2.05) is 0 Å². The summed E-state index contributed by atoms with van der Waals surface area (Å²) in [4.78, 5) is 0. The van der Waals surface area contributed by atoms with Crippen LogP contribution in [0.3, 0.4) is 0 Å². The highest BCUT2D eigenvalue weighted by Crippen LogP contribution is 2.47. The lowest BCUT2D eigenvalue weighted by Gasteiger charge is -2.13. The highest BCUT2D eigenvalue weighted by Gasteiger charge is 2.39. The zero-order valence-electron chi connectivity index (χ0n) is 9.63. The highest BCUT2D eigenvalue weighted by molar-refractivity contribution is 5.14. The van der Waals surface area contributed by atoms with E-state index in [-0.39, 0.29) is 0 Å². The van der Waals surface area contributed by atoms with E-state index in [1.54, 1.807) is 0 Å². The summed E-state index contributed by atoms with van der Waals surface area (Å²) in [6.07, 6.45) is 5.36. The molecule has 0 aliphatic heterocycles. The maximum atomic E-state index is 3.59. The molecule has 0 radical (unpaired) electrons. The van der Waals surface area contributed by atoms with Crippen LogP contribution in [0.1, 0.15) is 31.7 Å². The van der Waals surface area contributed by atoms with Crippen molar-refractivity contribution >= 4 is 0 Å². The molecule has 1 nitrogen and oxygen atoms in total. The second-order valence-corrected chi connectivity index (χ2v) is 4.77. The van der Waals surface area contributed by atoms with Crippen LogP contribution in [-0.2, 0) is 6.42 Å². The van der Waals surface area contributed by atoms with Crippen molar-refractivity contribution in [2.45, 2.75) is 32.6 Å². The summed E-state index contributed by atoms with van der Waals surface area (Å²) >= 11 is 0. The quantitative estimate of drug-likeness (QED) is 0.701. The first-order chi connectivity index (χ1) is 7.35. The van der Waals surface area contributed by atoms with Crippen LogP contribution in [0.5, 0.6) is 0 Å². The van der Waals surface area contributed by atoms with Crippen molar-refractivity contribution < 1.29 is 0 Å². The largest absolute Gasteiger partial charge is 0.316 e. The maximum Gasteiger partial charge on any atom is 0.000784 e. The van der Waals surface area contributed by atoms with Crippen LogP contribution in [0.4, 0.5) is 0 Å². The Balaban J connectivity index is 1.63. The van der Waals surface area contributed by atoms with Crippen LogP contribution in [-0.4, -0.2) is 13.1 Å². The van der Waals surface area contributed by atoms with E-state index in [2.05, 4.69) is 42.6 Å². The molecule has 1 aromatic rings. The SMILES string of the molecule is CCC1(CNCCc2ccccc2)CC1. The molecule has 0 atom stereocenters. The van der Waals surface area contributed by atoms with Crippen molar-refractivity contribution in [3.05, 3.63) is 35.9 Å². The topological polar surface area (TPSA) is 12.0 Å². The molecule has 1 N–H and O–H groups in total. The van der Waals surface area contributed by atoms with Gasteiger partial charge in [0.15, 0.2) is 0 Å². The zero-order valence-corrected chi connectivity index (χ0v) is 9.63. The lowest BCUT2D eigenvalue weighted by atomic mass is 10.0. The smallest absolute Gasteiger partial charge is 0.000784 e. The van der Waals surface area contributed by atoms with Crippen molar-refractivity contribution in [3.8, 4) is 0 Å². The fourth-order valence-electron chi connectivity index (χ4n) is 2.06. The van der Waals surface area contributed by atoms with Gasteiger partial charge in [0.25, 0.3) is 0 Å². The zero-order chi connectivity index (χ0) is 10.6. The summed E-state index contributed by atoms with van der Waals surface area (Å²) in [5.41, 5.74) is 2.11. The van der Waals surface area contributed by atoms with Gasteiger partial charge >= 0.3 is 0 Å². The van der Waals surface area contributed by atoms with Gasteiger partial charge in [0, 0.05) is 6.54 Å². The van der Waals surface area contributed by atoms with Gasteiger partial charge in [-0.2, -0.15) is 0 Å². The van der Waals surface area contributed by atoms with Gasteiger partial charge in [0.05, 0.1) is 0 Å². The van der Waals surface area contributed by atoms with Crippen LogP contribution < -0.4 is 5.32 Å². The van der Waals surface area contributed by atoms with Gasteiger partial charge in [-0.25, -0.2) is 0 Å². The minimum atomic E-state index is 0.677. The predicted molar refractivity (Wildman–Crippen MR) is 65.0 cm³/mol. The van der Waals surface area contributed by atoms with Gasteiger partial charge in [-0.15, -0.1) is 0 Å². The summed E-state index contributed by atoms with van der Waals surface area (Å²) in [6, 6.07) is 10.7. The molecule has 1 aliphatic carbocycles. The molecule has 0 bridgehead atoms. The summed E-state index contributed by atoms with van der Waals surface area (Å²) in [5.74, 6) is 0. The molecule has 1 fully saturated rings. The number of benzene rings is 1. The molecular weight excluding hydrogens is 182 g/mol. The lowest BCUT2D eigenvalue weighted by molar-refractivity contribution is 0.446. The minimum absolute atomic E-state index is 0.677. The Morgan fingerprint density at radius 3 is 2.53 bits per heavy atom. The second-order valence-electron chi connectivity index (χ2n) is 4.77. The molecule has 0 heterocycles. The fourth-order valence-corrected chi connectivity index (χ4v) is 2.06. The molecule has 1 heteroatoms. The third-order valence-electron chi connectivity index (χ3n) is 3.64. The van der Waals surface area contributed by atoms with E-state index in [0.717, 1.165) is 13.0 Å². The summed E-state index contributed by atoms with van der Waals surface area (Å²) in [5, 5.41) is 3.59. The van der Waals surface area contributed by atoms with Gasteiger partial charge in [-0.05, 0) is 43.2 Å². The Labute approximate surface area is 92.9 Å². The third-order valence-corrected chi connectivity index (χ3v) is 3.64. The first-order valence-corrected chi connectivity index (χ1v) is 6.09. The molecule has 2 rings (SSSR count). The van der Waals surface area contributed by atoms with Crippen LogP contribution in [0.25, 0.3) is 0 Å². The van der Waals surface area contributed by atoms with Crippen LogP contribution in [0.15, 0.2) is 30.3 Å². The molecule has 1 aromatic carbocycles. The monoisotopic (exact) mass is 203 g/mol. The van der Waals surface area contributed by atoms with E-state index in [9.17, 15) is 0 Å². The van der Waals surface area contributed by atoms with E-state index in [0.29, 0.717) is 5.41 Å². The molecular formula is C14H21N. The van der Waals surface area contributed by atoms with E-state index in [1.165, 1.54) is 31.4 Å². The summed E-state index contributed by atoms with van der Waals surface area (Å²) in [7, 11) is 0. The number of rotatable bonds is 6. The predicted octanol–water partition coefficient (Wildman–Crippen LogP) is 3.01. The van der Waals surface area contributed by atoms with Gasteiger partial charge in [-0.3, -0.25) is 0 Å². The van der Waals surface area contributed by atoms with Crippen LogP contribution in [0, 0.1) is 5.41 Å². The number of hydrogen-bond acceptors (Lipinski definition) is 1. The van der Waals surface area contributed by atoms with Gasteiger partial charge in [0.2, 0.25) is 0 Å². The highest BCUT2D eigenvalue weighted by atomic mass is 14.9. The Bertz CT molecular complexity index is 287. The number of hydrogen-bond donors (Lipinski definition) is 1. The molecule has 0 saturated heterocycles. The van der Waals surface area contributed by atoms with E-state index in [4.69, 9.17) is 0 Å². The Kier molecular flexibility index (Phi) is 3.42. The molecule has 0 unspecified atom stereocenters. The first-order valence-electron chi connectivity index (χ1n) is 6.09. The average Bonchev–Trinajstić information content (AvgIpc) is 3.07. The molecule has 82 valence electrons. The molecule has 15 heavy (non-hydrogen) atoms. The van der Waals surface area contributed by atoms with Crippen molar-refractivity contribution in [2.75, 3.05) is 13.1 Å². The van der Waals surface area contributed by atoms with Crippen LogP contribution in [0.2, 0.25) is 0 Å². The maximum absolute atomic E-state index is 3.59. The van der Waals surface area contributed by atoms with Crippen molar-refractivity contribution in [1.29, 1.82) is 0 Å². The van der Waals surface area contributed by atoms with Gasteiger partial charge < -0.3 is 5.32 Å². The molecule has 1 saturated carbocycles. The minimum Gasteiger partial charge on any atom is -0.316 e. The fraction of sp³-hybridized carbons (Fsp3) is 0.571. The summed E-state index contributed by atoms with van der Waals surface area (Å²) < 4.78 is 0. The van der Waals surface area contributed by atoms with E-state index < -0.39 is 0 Å². The Morgan fingerprint density at radius 2 is 1.93 bits per heavy atom. The van der Waals surface area contributed by atoms with Crippen LogP contribution >= 0.6 is 0 Å². The van der Waals surface area contributed by atoms with Gasteiger partial charge in [0.1, 0.15) is 0 Å². The van der Waals surface area contributed by atoms with Crippen molar-refractivity contribution in [3.63, 3.8) is 0 Å². The second kappa shape index (κ2) is 4.80. The first kappa shape index (κ1) is 10.7. The normalized spacial score (nSPS) is 17.7. The Hall–Kier alpha value is -0.820. The third kappa shape index (κ3) is 3.07. The Morgan fingerprint density at radius 1 is 1.20 bits per heavy atom. The van der Waals surface area contributed by atoms with Crippen molar-refractivity contribution in [1.82, 2.24) is 5.32 Å². The molecule has 1 aliphatic rings. The molecule has 0 aromatic heterocycles.